The van der Waals surface area contributed by atoms with Gasteiger partial charge < -0.3 is 14.7 Å². The van der Waals surface area contributed by atoms with Gasteiger partial charge in [-0.05, 0) is 12.8 Å². The second-order valence-corrected chi connectivity index (χ2v) is 8.35. The van der Waals surface area contributed by atoms with Gasteiger partial charge in [-0.25, -0.2) is 0 Å². The Kier molecular flexibility index (Phi) is 7.19. The molecule has 0 aromatic rings. The maximum Gasteiger partial charge on any atom is 0.281 e. The fourth-order valence-corrected chi connectivity index (χ4v) is 4.64. The van der Waals surface area contributed by atoms with Crippen LogP contribution in [0.4, 0.5) is 4.79 Å². The molecule has 0 aromatic heterocycles. The van der Waals surface area contributed by atoms with Crippen LogP contribution in [0.5, 0.6) is 0 Å². The van der Waals surface area contributed by atoms with Crippen LogP contribution in [-0.2, 0) is 9.59 Å². The zero-order valence-electron chi connectivity index (χ0n) is 15.5. The molecule has 3 amide bonds. The second kappa shape index (κ2) is 9.60. The average Bonchev–Trinajstić information content (AvgIpc) is 2.88. The van der Waals surface area contributed by atoms with Gasteiger partial charge in [-0.2, -0.15) is 0 Å². The average molecular weight is 383 g/mol. The van der Waals surface area contributed by atoms with E-state index in [4.69, 9.17) is 0 Å². The van der Waals surface area contributed by atoms with E-state index in [0.717, 1.165) is 51.3 Å². The van der Waals surface area contributed by atoms with Crippen LogP contribution < -0.4 is 0 Å². The lowest BCUT2D eigenvalue weighted by Gasteiger charge is -2.35. The van der Waals surface area contributed by atoms with Crippen molar-refractivity contribution in [1.29, 1.82) is 0 Å². The van der Waals surface area contributed by atoms with Crippen molar-refractivity contribution in [2.45, 2.75) is 32.1 Å². The highest BCUT2D eigenvalue weighted by Gasteiger charge is 2.26. The van der Waals surface area contributed by atoms with Gasteiger partial charge in [-0.3, -0.25) is 19.3 Å². The van der Waals surface area contributed by atoms with Gasteiger partial charge in [0.1, 0.15) is 0 Å². The Morgan fingerprint density at radius 2 is 1.46 bits per heavy atom. The fraction of sp³-hybridized carbons (Fsp3) is 0.833. The van der Waals surface area contributed by atoms with Crippen molar-refractivity contribution in [3.63, 3.8) is 0 Å². The quantitative estimate of drug-likeness (QED) is 0.712. The smallest absolute Gasteiger partial charge is 0.281 e. The van der Waals surface area contributed by atoms with Gasteiger partial charge in [0.15, 0.2) is 0 Å². The van der Waals surface area contributed by atoms with Crippen LogP contribution in [0.15, 0.2) is 0 Å². The SMILES string of the molecule is O=C(CCN1CCSC1=O)N1CCN(CC(=O)N2CCCCCC2)CC1. The van der Waals surface area contributed by atoms with E-state index in [0.29, 0.717) is 32.6 Å². The van der Waals surface area contributed by atoms with E-state index >= 15 is 0 Å². The lowest BCUT2D eigenvalue weighted by Crippen LogP contribution is -2.52. The Hall–Kier alpha value is -1.28. The van der Waals surface area contributed by atoms with Crippen molar-refractivity contribution >= 4 is 28.8 Å². The van der Waals surface area contributed by atoms with Crippen LogP contribution in [0.1, 0.15) is 32.1 Å². The molecule has 146 valence electrons. The maximum absolute atomic E-state index is 12.5. The van der Waals surface area contributed by atoms with Gasteiger partial charge in [0.25, 0.3) is 5.24 Å². The molecule has 0 saturated carbocycles. The molecular weight excluding hydrogens is 352 g/mol. The molecule has 3 saturated heterocycles. The largest absolute Gasteiger partial charge is 0.342 e. The van der Waals surface area contributed by atoms with Gasteiger partial charge >= 0.3 is 0 Å². The van der Waals surface area contributed by atoms with Gasteiger partial charge in [-0.15, -0.1) is 0 Å². The van der Waals surface area contributed by atoms with Gasteiger partial charge in [-0.1, -0.05) is 24.6 Å². The van der Waals surface area contributed by atoms with E-state index < -0.39 is 0 Å². The topological polar surface area (TPSA) is 64.2 Å². The van der Waals surface area contributed by atoms with E-state index in [1.54, 1.807) is 4.90 Å². The molecule has 0 aliphatic carbocycles. The summed E-state index contributed by atoms with van der Waals surface area (Å²) in [5.74, 6) is 1.18. The van der Waals surface area contributed by atoms with E-state index in [-0.39, 0.29) is 17.1 Å². The molecule has 3 aliphatic rings. The fourth-order valence-electron chi connectivity index (χ4n) is 3.78. The number of carbonyl (C=O) groups excluding carboxylic acids is 3. The summed E-state index contributed by atoms with van der Waals surface area (Å²) in [6.07, 6.45) is 5.09. The third kappa shape index (κ3) is 5.36. The van der Waals surface area contributed by atoms with Crippen LogP contribution in [-0.4, -0.2) is 101 Å². The molecule has 3 heterocycles. The Labute approximate surface area is 160 Å². The third-order valence-corrected chi connectivity index (χ3v) is 6.38. The van der Waals surface area contributed by atoms with Crippen LogP contribution >= 0.6 is 11.8 Å². The standard InChI is InChI=1S/C18H30N4O3S/c23-16(5-8-22-13-14-26-18(22)25)21-11-9-19(10-12-21)15-17(24)20-6-3-1-2-4-7-20/h1-15H2. The number of amides is 3. The summed E-state index contributed by atoms with van der Waals surface area (Å²) in [6.45, 7) is 6.40. The summed E-state index contributed by atoms with van der Waals surface area (Å²) in [7, 11) is 0. The van der Waals surface area contributed by atoms with Crippen LogP contribution in [0.25, 0.3) is 0 Å². The van der Waals surface area contributed by atoms with Crippen LogP contribution in [0, 0.1) is 0 Å². The molecular formula is C18H30N4O3S. The number of nitrogens with zero attached hydrogens (tertiary/aromatic N) is 4. The zero-order chi connectivity index (χ0) is 18.4. The number of piperazine rings is 1. The zero-order valence-corrected chi connectivity index (χ0v) is 16.3. The van der Waals surface area contributed by atoms with Gasteiger partial charge in [0.05, 0.1) is 6.54 Å². The van der Waals surface area contributed by atoms with E-state index in [1.807, 2.05) is 9.80 Å². The van der Waals surface area contributed by atoms with E-state index in [9.17, 15) is 14.4 Å². The molecule has 0 N–H and O–H groups in total. The Morgan fingerprint density at radius 3 is 2.08 bits per heavy atom. The number of hydrogen-bond acceptors (Lipinski definition) is 5. The first kappa shape index (κ1) is 19.5. The summed E-state index contributed by atoms with van der Waals surface area (Å²) >= 11 is 1.33. The van der Waals surface area contributed by atoms with Gasteiger partial charge in [0, 0.05) is 64.5 Å². The summed E-state index contributed by atoms with van der Waals surface area (Å²) < 4.78 is 0. The lowest BCUT2D eigenvalue weighted by atomic mass is 10.2. The molecule has 3 rings (SSSR count). The van der Waals surface area contributed by atoms with Crippen molar-refractivity contribution in [3.05, 3.63) is 0 Å². The summed E-state index contributed by atoms with van der Waals surface area (Å²) in [5, 5.41) is 0.0923. The summed E-state index contributed by atoms with van der Waals surface area (Å²) in [4.78, 5) is 44.2. The Morgan fingerprint density at radius 1 is 0.808 bits per heavy atom. The molecule has 3 aliphatic heterocycles. The van der Waals surface area contributed by atoms with Crippen molar-refractivity contribution in [2.75, 3.05) is 64.7 Å². The Balaban J connectivity index is 1.36. The minimum Gasteiger partial charge on any atom is -0.342 e. The van der Waals surface area contributed by atoms with Crippen molar-refractivity contribution < 1.29 is 14.4 Å². The van der Waals surface area contributed by atoms with E-state index in [2.05, 4.69) is 4.90 Å². The Bertz CT molecular complexity index is 515. The minimum atomic E-state index is 0.0923. The third-order valence-electron chi connectivity index (χ3n) is 5.48. The first-order chi connectivity index (χ1) is 12.6. The number of carbonyl (C=O) groups is 3. The molecule has 0 radical (unpaired) electrons. The van der Waals surface area contributed by atoms with E-state index in [1.165, 1.54) is 24.6 Å². The number of rotatable bonds is 5. The molecule has 0 bridgehead atoms. The molecule has 8 heteroatoms. The molecule has 0 unspecified atom stereocenters. The molecule has 7 nitrogen and oxygen atoms in total. The maximum atomic E-state index is 12.5. The number of hydrogen-bond donors (Lipinski definition) is 0. The lowest BCUT2D eigenvalue weighted by molar-refractivity contribution is -0.135. The first-order valence-electron chi connectivity index (χ1n) is 9.83. The summed E-state index contributed by atoms with van der Waals surface area (Å²) in [5.41, 5.74) is 0. The molecule has 26 heavy (non-hydrogen) atoms. The molecule has 3 fully saturated rings. The van der Waals surface area contributed by atoms with Gasteiger partial charge in [0.2, 0.25) is 11.8 Å². The highest BCUT2D eigenvalue weighted by atomic mass is 32.2. The predicted octanol–water partition coefficient (Wildman–Crippen LogP) is 1.09. The monoisotopic (exact) mass is 382 g/mol. The minimum absolute atomic E-state index is 0.0923. The highest BCUT2D eigenvalue weighted by molar-refractivity contribution is 8.13. The highest BCUT2D eigenvalue weighted by Crippen LogP contribution is 2.17. The number of likely N-dealkylation sites (tertiary alicyclic amines) is 1. The first-order valence-corrected chi connectivity index (χ1v) is 10.8. The molecule has 0 atom stereocenters. The van der Waals surface area contributed by atoms with Crippen LogP contribution in [0.2, 0.25) is 0 Å². The molecule has 0 spiro atoms. The second-order valence-electron chi connectivity index (χ2n) is 7.30. The summed E-state index contributed by atoms with van der Waals surface area (Å²) in [6, 6.07) is 0. The van der Waals surface area contributed by atoms with Crippen molar-refractivity contribution in [3.8, 4) is 0 Å². The number of thioether (sulfide) groups is 1. The molecule has 0 aromatic carbocycles. The van der Waals surface area contributed by atoms with Crippen molar-refractivity contribution in [2.24, 2.45) is 0 Å². The normalized spacial score (nSPS) is 22.6. The van der Waals surface area contributed by atoms with Crippen molar-refractivity contribution in [1.82, 2.24) is 19.6 Å². The van der Waals surface area contributed by atoms with Crippen LogP contribution in [0.3, 0.4) is 0 Å². The predicted molar refractivity (Wildman–Crippen MR) is 102 cm³/mol.